The number of rotatable bonds is 3. The highest BCUT2D eigenvalue weighted by atomic mass is 35.5. The Kier molecular flexibility index (Phi) is 4.22. The van der Waals surface area contributed by atoms with E-state index in [9.17, 15) is 4.79 Å². The van der Waals surface area contributed by atoms with E-state index in [1.807, 2.05) is 25.1 Å². The monoisotopic (exact) mass is 386 g/mol. The first-order valence-corrected chi connectivity index (χ1v) is 8.52. The van der Waals surface area contributed by atoms with Crippen LogP contribution in [0.3, 0.4) is 0 Å². The molecule has 130 valence electrons. The van der Waals surface area contributed by atoms with Crippen molar-refractivity contribution in [2.45, 2.75) is 13.5 Å². The Hall–Kier alpha value is -2.70. The van der Waals surface area contributed by atoms with Gasteiger partial charge in [0.1, 0.15) is 5.58 Å². The lowest BCUT2D eigenvalue weighted by Gasteiger charge is -2.06. The molecule has 0 atom stereocenters. The van der Waals surface area contributed by atoms with Gasteiger partial charge >= 0.3 is 5.63 Å². The van der Waals surface area contributed by atoms with Crippen molar-refractivity contribution >= 4 is 34.2 Å². The molecule has 8 heteroatoms. The molecule has 4 rings (SSSR count). The highest BCUT2D eigenvalue weighted by molar-refractivity contribution is 6.33. The Bertz CT molecular complexity index is 1180. The van der Waals surface area contributed by atoms with Gasteiger partial charge in [0, 0.05) is 22.0 Å². The summed E-state index contributed by atoms with van der Waals surface area (Å²) >= 11 is 12.4. The maximum Gasteiger partial charge on any atom is 0.336 e. The van der Waals surface area contributed by atoms with E-state index in [0.717, 1.165) is 10.9 Å². The number of benzene rings is 2. The van der Waals surface area contributed by atoms with Crippen LogP contribution in [0.1, 0.15) is 11.1 Å². The van der Waals surface area contributed by atoms with Crippen LogP contribution in [0.2, 0.25) is 10.0 Å². The third kappa shape index (κ3) is 3.09. The van der Waals surface area contributed by atoms with Gasteiger partial charge in [0.15, 0.2) is 0 Å². The lowest BCUT2D eigenvalue weighted by Crippen LogP contribution is -2.08. The number of aryl methyl sites for hydroxylation is 1. The van der Waals surface area contributed by atoms with E-state index in [-0.39, 0.29) is 6.54 Å². The molecule has 0 spiro atoms. The summed E-state index contributed by atoms with van der Waals surface area (Å²) in [5, 5.41) is 14.3. The number of tetrazole rings is 1. The molecular weight excluding hydrogens is 375 g/mol. The van der Waals surface area contributed by atoms with Crippen LogP contribution in [-0.4, -0.2) is 20.2 Å². The van der Waals surface area contributed by atoms with Crippen LogP contribution in [0.4, 0.5) is 0 Å². The van der Waals surface area contributed by atoms with E-state index in [1.54, 1.807) is 18.2 Å². The van der Waals surface area contributed by atoms with E-state index in [2.05, 4.69) is 15.4 Å². The number of aromatic nitrogens is 4. The first kappa shape index (κ1) is 16.8. The Labute approximate surface area is 158 Å². The highest BCUT2D eigenvalue weighted by Crippen LogP contribution is 2.26. The molecule has 0 bridgehead atoms. The summed E-state index contributed by atoms with van der Waals surface area (Å²) < 4.78 is 5.27. The zero-order chi connectivity index (χ0) is 18.3. The Morgan fingerprint density at radius 1 is 1.12 bits per heavy atom. The largest absolute Gasteiger partial charge is 0.423 e. The maximum atomic E-state index is 11.9. The lowest BCUT2D eigenvalue weighted by molar-refractivity contribution is 0.545. The third-order valence-electron chi connectivity index (χ3n) is 3.99. The molecule has 26 heavy (non-hydrogen) atoms. The molecule has 0 aliphatic rings. The molecule has 0 fully saturated rings. The zero-order valence-electron chi connectivity index (χ0n) is 13.6. The average molecular weight is 387 g/mol. The van der Waals surface area contributed by atoms with Crippen LogP contribution in [-0.2, 0) is 6.54 Å². The fourth-order valence-electron chi connectivity index (χ4n) is 2.69. The number of fused-ring (bicyclic) bond motifs is 1. The highest BCUT2D eigenvalue weighted by Gasteiger charge is 2.13. The summed E-state index contributed by atoms with van der Waals surface area (Å²) in [5.74, 6) is 0.414. The molecule has 6 nitrogen and oxygen atoms in total. The van der Waals surface area contributed by atoms with Crippen molar-refractivity contribution in [1.82, 2.24) is 20.2 Å². The summed E-state index contributed by atoms with van der Waals surface area (Å²) in [5.41, 5.74) is 2.25. The molecule has 4 aromatic rings. The van der Waals surface area contributed by atoms with Gasteiger partial charge in [-0.1, -0.05) is 35.3 Å². The van der Waals surface area contributed by atoms with Crippen LogP contribution in [0.5, 0.6) is 0 Å². The second-order valence-corrected chi connectivity index (χ2v) is 6.63. The third-order valence-corrected chi connectivity index (χ3v) is 4.73. The summed E-state index contributed by atoms with van der Waals surface area (Å²) in [6.07, 6.45) is 0. The number of nitrogens with zero attached hydrogens (tertiary/aromatic N) is 4. The van der Waals surface area contributed by atoms with E-state index >= 15 is 0 Å². The lowest BCUT2D eigenvalue weighted by atomic mass is 10.1. The molecular formula is C18H12Cl2N4O2. The molecule has 0 N–H and O–H groups in total. The molecule has 2 aromatic carbocycles. The predicted molar refractivity (Wildman–Crippen MR) is 99.6 cm³/mol. The van der Waals surface area contributed by atoms with Crippen LogP contribution < -0.4 is 5.63 Å². The Morgan fingerprint density at radius 2 is 1.92 bits per heavy atom. The predicted octanol–water partition coefficient (Wildman–Crippen LogP) is 4.11. The minimum atomic E-state index is -0.444. The molecule has 2 aromatic heterocycles. The van der Waals surface area contributed by atoms with Crippen molar-refractivity contribution in [1.29, 1.82) is 0 Å². The van der Waals surface area contributed by atoms with Crippen LogP contribution in [0.25, 0.3) is 22.4 Å². The molecule has 0 amide bonds. The van der Waals surface area contributed by atoms with Crippen LogP contribution >= 0.6 is 23.2 Å². The summed E-state index contributed by atoms with van der Waals surface area (Å²) in [4.78, 5) is 13.3. The van der Waals surface area contributed by atoms with Crippen molar-refractivity contribution in [2.24, 2.45) is 0 Å². The van der Waals surface area contributed by atoms with Gasteiger partial charge in [0.2, 0.25) is 5.82 Å². The van der Waals surface area contributed by atoms with Gasteiger partial charge in [0.25, 0.3) is 0 Å². The molecule has 2 heterocycles. The van der Waals surface area contributed by atoms with Gasteiger partial charge < -0.3 is 4.42 Å². The van der Waals surface area contributed by atoms with Crippen molar-refractivity contribution < 1.29 is 4.42 Å². The minimum Gasteiger partial charge on any atom is -0.423 e. The van der Waals surface area contributed by atoms with E-state index in [1.165, 1.54) is 10.9 Å². The van der Waals surface area contributed by atoms with Gasteiger partial charge in [0.05, 0.1) is 11.6 Å². The number of halogens is 2. The van der Waals surface area contributed by atoms with Crippen molar-refractivity contribution in [3.05, 3.63) is 74.1 Å². The molecule has 0 aliphatic heterocycles. The topological polar surface area (TPSA) is 73.8 Å². The van der Waals surface area contributed by atoms with Gasteiger partial charge in [-0.05, 0) is 47.5 Å². The van der Waals surface area contributed by atoms with Crippen molar-refractivity contribution in [3.63, 3.8) is 0 Å². The van der Waals surface area contributed by atoms with E-state index < -0.39 is 5.63 Å². The smallest absolute Gasteiger partial charge is 0.336 e. The SMILES string of the molecule is Cc1cc2oc(=O)cc(Cn3nnc(-c4ccccc4Cl)n3)c2cc1Cl. The van der Waals surface area contributed by atoms with Gasteiger partial charge in [-0.2, -0.15) is 4.80 Å². The second-order valence-electron chi connectivity index (χ2n) is 5.81. The van der Waals surface area contributed by atoms with Crippen molar-refractivity contribution in [3.8, 4) is 11.4 Å². The quantitative estimate of drug-likeness (QED) is 0.495. The summed E-state index contributed by atoms with van der Waals surface area (Å²) in [7, 11) is 0. The molecule has 0 aliphatic carbocycles. The first-order valence-electron chi connectivity index (χ1n) is 7.77. The van der Waals surface area contributed by atoms with E-state index in [4.69, 9.17) is 27.6 Å². The standard InChI is InChI=1S/C18H12Cl2N4O2/c1-10-6-16-13(8-15(10)20)11(7-17(25)26-16)9-24-22-18(21-23-24)12-4-2-3-5-14(12)19/h2-8H,9H2,1H3. The maximum absolute atomic E-state index is 11.9. The summed E-state index contributed by atoms with van der Waals surface area (Å²) in [6.45, 7) is 2.10. The zero-order valence-corrected chi connectivity index (χ0v) is 15.1. The number of hydrogen-bond donors (Lipinski definition) is 0. The molecule has 0 unspecified atom stereocenters. The van der Waals surface area contributed by atoms with Gasteiger partial charge in [-0.25, -0.2) is 4.79 Å². The van der Waals surface area contributed by atoms with Crippen LogP contribution in [0, 0.1) is 6.92 Å². The average Bonchev–Trinajstić information content (AvgIpc) is 3.05. The van der Waals surface area contributed by atoms with Gasteiger partial charge in [-0.3, -0.25) is 0 Å². The fourth-order valence-corrected chi connectivity index (χ4v) is 3.08. The second kappa shape index (κ2) is 6.55. The molecule has 0 saturated heterocycles. The van der Waals surface area contributed by atoms with Crippen molar-refractivity contribution in [2.75, 3.05) is 0 Å². The fraction of sp³-hybridized carbons (Fsp3) is 0.111. The number of hydrogen-bond acceptors (Lipinski definition) is 5. The van der Waals surface area contributed by atoms with Gasteiger partial charge in [-0.15, -0.1) is 10.2 Å². The summed E-state index contributed by atoms with van der Waals surface area (Å²) in [6, 6.07) is 12.2. The van der Waals surface area contributed by atoms with Crippen LogP contribution in [0.15, 0.2) is 51.7 Å². The normalized spacial score (nSPS) is 11.2. The molecule has 0 radical (unpaired) electrons. The first-order chi connectivity index (χ1) is 12.5. The molecule has 0 saturated carbocycles. The Balaban J connectivity index is 1.76. The Morgan fingerprint density at radius 3 is 2.73 bits per heavy atom. The van der Waals surface area contributed by atoms with E-state index in [0.29, 0.717) is 32.6 Å². The minimum absolute atomic E-state index is 0.249.